The van der Waals surface area contributed by atoms with E-state index in [1.54, 1.807) is 18.2 Å². The number of halogens is 2. The maximum atomic E-state index is 12.2. The molecule has 1 aliphatic rings. The van der Waals surface area contributed by atoms with E-state index < -0.39 is 12.7 Å². The van der Waals surface area contributed by atoms with Gasteiger partial charge >= 0.3 is 6.61 Å². The van der Waals surface area contributed by atoms with E-state index in [-0.39, 0.29) is 18.2 Å². The van der Waals surface area contributed by atoms with E-state index in [1.165, 1.54) is 6.07 Å². The minimum absolute atomic E-state index is 0.0742. The van der Waals surface area contributed by atoms with Gasteiger partial charge in [0.1, 0.15) is 11.9 Å². The molecule has 0 saturated carbocycles. The molecule has 0 radical (unpaired) electrons. The molecule has 1 fully saturated rings. The van der Waals surface area contributed by atoms with Crippen LogP contribution in [0.2, 0.25) is 0 Å². The molecule has 1 unspecified atom stereocenters. The molecule has 0 aliphatic carbocycles. The quantitative estimate of drug-likeness (QED) is 0.892. The van der Waals surface area contributed by atoms with Crippen molar-refractivity contribution >= 4 is 5.91 Å². The number of ether oxygens (including phenoxy) is 2. The summed E-state index contributed by atoms with van der Waals surface area (Å²) in [5.41, 5.74) is 0.508. The molecule has 1 N–H and O–H groups in total. The van der Waals surface area contributed by atoms with E-state index in [9.17, 15) is 13.6 Å². The van der Waals surface area contributed by atoms with Crippen LogP contribution in [0.1, 0.15) is 18.4 Å². The molecule has 1 saturated heterocycles. The number of rotatable bonds is 5. The molecule has 0 bridgehead atoms. The first-order valence-corrected chi connectivity index (χ1v) is 6.09. The van der Waals surface area contributed by atoms with Crippen molar-refractivity contribution in [2.45, 2.75) is 32.1 Å². The molecular formula is C13H15F2NO3. The van der Waals surface area contributed by atoms with Gasteiger partial charge in [0, 0.05) is 18.7 Å². The van der Waals surface area contributed by atoms with Crippen LogP contribution in [0.5, 0.6) is 5.75 Å². The smallest absolute Gasteiger partial charge is 0.387 e. The Kier molecular flexibility index (Phi) is 4.68. The molecule has 1 amide bonds. The highest BCUT2D eigenvalue weighted by Gasteiger charge is 2.23. The third-order valence-corrected chi connectivity index (χ3v) is 2.86. The van der Waals surface area contributed by atoms with E-state index in [1.807, 2.05) is 0 Å². The lowest BCUT2D eigenvalue weighted by Crippen LogP contribution is -2.33. The average Bonchev–Trinajstić information content (AvgIpc) is 2.90. The molecular weight excluding hydrogens is 256 g/mol. The SMILES string of the molecule is O=C(NCc1ccccc1OC(F)F)C1CCCO1. The Morgan fingerprint density at radius 2 is 2.26 bits per heavy atom. The molecule has 1 heterocycles. The van der Waals surface area contributed by atoms with Crippen molar-refractivity contribution in [2.24, 2.45) is 0 Å². The van der Waals surface area contributed by atoms with Gasteiger partial charge in [-0.2, -0.15) is 8.78 Å². The van der Waals surface area contributed by atoms with Gasteiger partial charge in [-0.15, -0.1) is 0 Å². The van der Waals surface area contributed by atoms with Crippen LogP contribution in [0.4, 0.5) is 8.78 Å². The van der Waals surface area contributed by atoms with E-state index in [4.69, 9.17) is 4.74 Å². The molecule has 0 aromatic heterocycles. The van der Waals surface area contributed by atoms with E-state index >= 15 is 0 Å². The molecule has 0 spiro atoms. The van der Waals surface area contributed by atoms with Gasteiger partial charge in [0.15, 0.2) is 0 Å². The van der Waals surface area contributed by atoms with Crippen molar-refractivity contribution in [1.29, 1.82) is 0 Å². The second-order valence-electron chi connectivity index (χ2n) is 4.21. The van der Waals surface area contributed by atoms with E-state index in [0.29, 0.717) is 18.6 Å². The fraction of sp³-hybridized carbons (Fsp3) is 0.462. The Bertz CT molecular complexity index is 434. The topological polar surface area (TPSA) is 47.6 Å². The number of nitrogens with one attached hydrogen (secondary N) is 1. The monoisotopic (exact) mass is 271 g/mol. The normalized spacial score (nSPS) is 18.6. The van der Waals surface area contributed by atoms with Gasteiger partial charge in [-0.3, -0.25) is 4.79 Å². The van der Waals surface area contributed by atoms with Crippen molar-refractivity contribution < 1.29 is 23.0 Å². The lowest BCUT2D eigenvalue weighted by atomic mass is 10.2. The van der Waals surface area contributed by atoms with Crippen LogP contribution in [0, 0.1) is 0 Å². The maximum absolute atomic E-state index is 12.2. The number of hydrogen-bond donors (Lipinski definition) is 1. The number of carbonyl (C=O) groups is 1. The zero-order valence-corrected chi connectivity index (χ0v) is 10.3. The Balaban J connectivity index is 1.93. The highest BCUT2D eigenvalue weighted by molar-refractivity contribution is 5.81. The average molecular weight is 271 g/mol. The summed E-state index contributed by atoms with van der Waals surface area (Å²) < 4.78 is 34.1. The number of para-hydroxylation sites is 1. The first-order valence-electron chi connectivity index (χ1n) is 6.09. The molecule has 1 atom stereocenters. The van der Waals surface area contributed by atoms with Gasteiger partial charge in [-0.25, -0.2) is 0 Å². The highest BCUT2D eigenvalue weighted by atomic mass is 19.3. The van der Waals surface area contributed by atoms with Crippen LogP contribution in [-0.2, 0) is 16.1 Å². The molecule has 1 aliphatic heterocycles. The number of carbonyl (C=O) groups excluding carboxylic acids is 1. The fourth-order valence-corrected chi connectivity index (χ4v) is 1.94. The predicted molar refractivity (Wildman–Crippen MR) is 63.9 cm³/mol. The number of amides is 1. The zero-order chi connectivity index (χ0) is 13.7. The van der Waals surface area contributed by atoms with Crippen molar-refractivity contribution in [3.63, 3.8) is 0 Å². The fourth-order valence-electron chi connectivity index (χ4n) is 1.94. The Hall–Kier alpha value is -1.69. The van der Waals surface area contributed by atoms with Crippen LogP contribution in [-0.4, -0.2) is 25.2 Å². The summed E-state index contributed by atoms with van der Waals surface area (Å²) in [7, 11) is 0. The van der Waals surface area contributed by atoms with E-state index in [2.05, 4.69) is 10.1 Å². The molecule has 4 nitrogen and oxygen atoms in total. The Morgan fingerprint density at radius 3 is 2.95 bits per heavy atom. The first-order chi connectivity index (χ1) is 9.16. The van der Waals surface area contributed by atoms with Gasteiger partial charge in [-0.05, 0) is 18.9 Å². The third-order valence-electron chi connectivity index (χ3n) is 2.86. The number of benzene rings is 1. The third kappa shape index (κ3) is 3.89. The second-order valence-corrected chi connectivity index (χ2v) is 4.21. The van der Waals surface area contributed by atoms with Gasteiger partial charge in [0.25, 0.3) is 0 Å². The molecule has 2 rings (SSSR count). The van der Waals surface area contributed by atoms with E-state index in [0.717, 1.165) is 6.42 Å². The van der Waals surface area contributed by atoms with Crippen molar-refractivity contribution in [2.75, 3.05) is 6.61 Å². The van der Waals surface area contributed by atoms with Crippen molar-refractivity contribution in [3.05, 3.63) is 29.8 Å². The molecule has 1 aromatic rings. The maximum Gasteiger partial charge on any atom is 0.387 e. The van der Waals surface area contributed by atoms with Crippen LogP contribution in [0.15, 0.2) is 24.3 Å². The molecule has 1 aromatic carbocycles. The summed E-state index contributed by atoms with van der Waals surface area (Å²) in [5.74, 6) is -0.144. The van der Waals surface area contributed by atoms with Crippen LogP contribution in [0.3, 0.4) is 0 Å². The number of hydrogen-bond acceptors (Lipinski definition) is 3. The number of alkyl halides is 2. The molecule has 104 valence electrons. The summed E-state index contributed by atoms with van der Waals surface area (Å²) in [4.78, 5) is 11.7. The molecule has 6 heteroatoms. The zero-order valence-electron chi connectivity index (χ0n) is 10.3. The van der Waals surface area contributed by atoms with Crippen LogP contribution >= 0.6 is 0 Å². The van der Waals surface area contributed by atoms with Gasteiger partial charge in [-0.1, -0.05) is 18.2 Å². The Labute approximate surface area is 109 Å². The largest absolute Gasteiger partial charge is 0.434 e. The summed E-state index contributed by atoms with van der Waals surface area (Å²) in [5, 5.41) is 2.67. The predicted octanol–water partition coefficient (Wildman–Crippen LogP) is 2.08. The van der Waals surface area contributed by atoms with Gasteiger partial charge in [0.05, 0.1) is 0 Å². The summed E-state index contributed by atoms with van der Waals surface area (Å²) in [6, 6.07) is 6.38. The lowest BCUT2D eigenvalue weighted by Gasteiger charge is -2.13. The second kappa shape index (κ2) is 6.47. The van der Waals surface area contributed by atoms with Crippen LogP contribution < -0.4 is 10.1 Å². The van der Waals surface area contributed by atoms with Crippen LogP contribution in [0.25, 0.3) is 0 Å². The first kappa shape index (κ1) is 13.7. The Morgan fingerprint density at radius 1 is 1.47 bits per heavy atom. The minimum atomic E-state index is -2.88. The summed E-state index contributed by atoms with van der Waals surface area (Å²) in [6.45, 7) is -2.15. The highest BCUT2D eigenvalue weighted by Crippen LogP contribution is 2.20. The van der Waals surface area contributed by atoms with Gasteiger partial charge in [0.2, 0.25) is 5.91 Å². The standard InChI is InChI=1S/C13H15F2NO3/c14-13(15)19-10-5-2-1-4-9(10)8-16-12(17)11-6-3-7-18-11/h1-2,4-5,11,13H,3,6-8H2,(H,16,17). The minimum Gasteiger partial charge on any atom is -0.434 e. The summed E-state index contributed by atoms with van der Waals surface area (Å²) >= 11 is 0. The molecule has 19 heavy (non-hydrogen) atoms. The van der Waals surface area contributed by atoms with Crippen molar-refractivity contribution in [1.82, 2.24) is 5.32 Å². The van der Waals surface area contributed by atoms with Crippen molar-refractivity contribution in [3.8, 4) is 5.75 Å². The summed E-state index contributed by atoms with van der Waals surface area (Å²) in [6.07, 6.45) is 1.13. The van der Waals surface area contributed by atoms with Gasteiger partial charge < -0.3 is 14.8 Å². The lowest BCUT2D eigenvalue weighted by molar-refractivity contribution is -0.130.